The number of hydrogen-bond donors (Lipinski definition) is 2. The highest BCUT2D eigenvalue weighted by Crippen LogP contribution is 2.31. The van der Waals surface area contributed by atoms with Gasteiger partial charge in [0, 0.05) is 11.8 Å². The van der Waals surface area contributed by atoms with Crippen LogP contribution < -0.4 is 20.8 Å². The molecule has 3 N–H and O–H groups in total. The summed E-state index contributed by atoms with van der Waals surface area (Å²) in [6, 6.07) is 6.21. The Labute approximate surface area is 97.0 Å². The van der Waals surface area contributed by atoms with E-state index in [1.807, 2.05) is 0 Å². The van der Waals surface area contributed by atoms with Gasteiger partial charge in [0.2, 0.25) is 5.88 Å². The summed E-state index contributed by atoms with van der Waals surface area (Å²) in [6.07, 6.45) is 1.26. The molecule has 6 nitrogen and oxygen atoms in total. The van der Waals surface area contributed by atoms with Gasteiger partial charge in [-0.15, -0.1) is 0 Å². The number of benzene rings is 1. The third-order valence-corrected chi connectivity index (χ3v) is 2.06. The first kappa shape index (κ1) is 11.0. The molecule has 2 aromatic rings. The predicted octanol–water partition coefficient (Wildman–Crippen LogP) is 1.15. The average Bonchev–Trinajstić information content (AvgIpc) is 2.29. The molecule has 6 heteroatoms. The van der Waals surface area contributed by atoms with E-state index in [0.29, 0.717) is 17.2 Å². The first-order chi connectivity index (χ1) is 8.19. The van der Waals surface area contributed by atoms with Crippen LogP contribution in [-0.4, -0.2) is 17.1 Å². The van der Waals surface area contributed by atoms with E-state index in [0.717, 1.165) is 0 Å². The Kier molecular flexibility index (Phi) is 2.95. The van der Waals surface area contributed by atoms with Gasteiger partial charge < -0.3 is 20.2 Å². The molecule has 0 fully saturated rings. The summed E-state index contributed by atoms with van der Waals surface area (Å²) in [4.78, 5) is 17.3. The molecular formula is C11H11N3O3. The maximum Gasteiger partial charge on any atom is 0.254 e. The van der Waals surface area contributed by atoms with E-state index in [2.05, 4.69) is 9.97 Å². The predicted molar refractivity (Wildman–Crippen MR) is 62.3 cm³/mol. The van der Waals surface area contributed by atoms with Gasteiger partial charge in [0.25, 0.3) is 5.56 Å². The highest BCUT2D eigenvalue weighted by Gasteiger charge is 2.07. The maximum absolute atomic E-state index is 11.1. The Morgan fingerprint density at radius 2 is 2.12 bits per heavy atom. The Morgan fingerprint density at radius 3 is 2.82 bits per heavy atom. The van der Waals surface area contributed by atoms with E-state index < -0.39 is 0 Å². The van der Waals surface area contributed by atoms with Crippen LogP contribution in [0.4, 0.5) is 5.69 Å². The molecule has 1 aromatic heterocycles. The SMILES string of the molecule is COc1ccc(N)cc1Oc1cc(=O)[nH]cn1. The average molecular weight is 233 g/mol. The van der Waals surface area contributed by atoms with Gasteiger partial charge in [0.05, 0.1) is 19.5 Å². The molecule has 1 aromatic carbocycles. The fraction of sp³-hybridized carbons (Fsp3) is 0.0909. The first-order valence-electron chi connectivity index (χ1n) is 4.85. The van der Waals surface area contributed by atoms with Crippen LogP contribution in [0, 0.1) is 0 Å². The molecule has 0 bridgehead atoms. The summed E-state index contributed by atoms with van der Waals surface area (Å²) in [6.45, 7) is 0. The lowest BCUT2D eigenvalue weighted by Gasteiger charge is -2.09. The Bertz CT molecular complexity index is 580. The third kappa shape index (κ3) is 2.54. The van der Waals surface area contributed by atoms with Crippen molar-refractivity contribution in [3.63, 3.8) is 0 Å². The number of H-pyrrole nitrogens is 1. The van der Waals surface area contributed by atoms with Crippen LogP contribution in [-0.2, 0) is 0 Å². The Balaban J connectivity index is 2.35. The lowest BCUT2D eigenvalue weighted by atomic mass is 10.3. The summed E-state index contributed by atoms with van der Waals surface area (Å²) in [5.74, 6) is 1.10. The molecule has 0 atom stereocenters. The summed E-state index contributed by atoms with van der Waals surface area (Å²) in [5, 5.41) is 0. The fourth-order valence-electron chi connectivity index (χ4n) is 1.29. The van der Waals surface area contributed by atoms with Gasteiger partial charge in [-0.25, -0.2) is 4.98 Å². The molecule has 0 aliphatic rings. The molecule has 0 spiro atoms. The highest BCUT2D eigenvalue weighted by molar-refractivity contribution is 5.52. The van der Waals surface area contributed by atoms with Crippen LogP contribution in [0.5, 0.6) is 17.4 Å². The molecular weight excluding hydrogens is 222 g/mol. The van der Waals surface area contributed by atoms with Crippen molar-refractivity contribution in [2.24, 2.45) is 0 Å². The van der Waals surface area contributed by atoms with Crippen molar-refractivity contribution in [1.82, 2.24) is 9.97 Å². The van der Waals surface area contributed by atoms with Gasteiger partial charge >= 0.3 is 0 Å². The van der Waals surface area contributed by atoms with Gasteiger partial charge in [-0.1, -0.05) is 0 Å². The van der Waals surface area contributed by atoms with Crippen LogP contribution in [0.25, 0.3) is 0 Å². The van der Waals surface area contributed by atoms with E-state index in [-0.39, 0.29) is 11.4 Å². The van der Waals surface area contributed by atoms with E-state index in [9.17, 15) is 4.79 Å². The fourth-order valence-corrected chi connectivity index (χ4v) is 1.29. The Hall–Kier alpha value is -2.50. The number of nitrogens with two attached hydrogens (primary N) is 1. The number of aromatic nitrogens is 2. The van der Waals surface area contributed by atoms with Crippen LogP contribution >= 0.6 is 0 Å². The molecule has 0 aliphatic carbocycles. The number of nitrogens with one attached hydrogen (secondary N) is 1. The van der Waals surface area contributed by atoms with Crippen molar-refractivity contribution in [2.45, 2.75) is 0 Å². The molecule has 0 saturated carbocycles. The number of nitrogens with zero attached hydrogens (tertiary/aromatic N) is 1. The molecule has 0 radical (unpaired) electrons. The number of ether oxygens (including phenoxy) is 2. The lowest BCUT2D eigenvalue weighted by molar-refractivity contribution is 0.374. The lowest BCUT2D eigenvalue weighted by Crippen LogP contribution is -2.04. The second kappa shape index (κ2) is 4.56. The van der Waals surface area contributed by atoms with Gasteiger partial charge in [-0.05, 0) is 12.1 Å². The number of methoxy groups -OCH3 is 1. The van der Waals surface area contributed by atoms with Crippen LogP contribution in [0.15, 0.2) is 35.4 Å². The molecule has 0 amide bonds. The van der Waals surface area contributed by atoms with Crippen LogP contribution in [0.1, 0.15) is 0 Å². The van der Waals surface area contributed by atoms with Crippen molar-refractivity contribution in [1.29, 1.82) is 0 Å². The van der Waals surface area contributed by atoms with Crippen LogP contribution in [0.3, 0.4) is 0 Å². The summed E-state index contributed by atoms with van der Waals surface area (Å²) < 4.78 is 10.5. The van der Waals surface area contributed by atoms with Crippen molar-refractivity contribution in [2.75, 3.05) is 12.8 Å². The molecule has 1 heterocycles. The van der Waals surface area contributed by atoms with Crippen molar-refractivity contribution < 1.29 is 9.47 Å². The van der Waals surface area contributed by atoms with Gasteiger partial charge in [0.15, 0.2) is 11.5 Å². The van der Waals surface area contributed by atoms with E-state index >= 15 is 0 Å². The second-order valence-corrected chi connectivity index (χ2v) is 3.26. The van der Waals surface area contributed by atoms with Crippen molar-refractivity contribution >= 4 is 5.69 Å². The van der Waals surface area contributed by atoms with E-state index in [1.165, 1.54) is 19.5 Å². The molecule has 17 heavy (non-hydrogen) atoms. The topological polar surface area (TPSA) is 90.2 Å². The minimum atomic E-state index is -0.294. The molecule has 2 rings (SSSR count). The normalized spacial score (nSPS) is 9.94. The zero-order valence-corrected chi connectivity index (χ0v) is 9.14. The molecule has 0 saturated heterocycles. The second-order valence-electron chi connectivity index (χ2n) is 3.26. The smallest absolute Gasteiger partial charge is 0.254 e. The number of nitrogen functional groups attached to an aromatic ring is 1. The van der Waals surface area contributed by atoms with Gasteiger partial charge in [-0.3, -0.25) is 4.79 Å². The molecule has 0 aliphatic heterocycles. The van der Waals surface area contributed by atoms with Crippen LogP contribution in [0.2, 0.25) is 0 Å². The van der Waals surface area contributed by atoms with E-state index in [4.69, 9.17) is 15.2 Å². The monoisotopic (exact) mass is 233 g/mol. The molecule has 0 unspecified atom stereocenters. The summed E-state index contributed by atoms with van der Waals surface area (Å²) in [5.41, 5.74) is 5.88. The third-order valence-electron chi connectivity index (χ3n) is 2.06. The van der Waals surface area contributed by atoms with Crippen molar-refractivity contribution in [3.8, 4) is 17.4 Å². The number of rotatable bonds is 3. The Morgan fingerprint density at radius 1 is 1.29 bits per heavy atom. The van der Waals surface area contributed by atoms with Gasteiger partial charge in [-0.2, -0.15) is 0 Å². The zero-order valence-electron chi connectivity index (χ0n) is 9.14. The molecule has 88 valence electrons. The largest absolute Gasteiger partial charge is 0.493 e. The number of aromatic amines is 1. The quantitative estimate of drug-likeness (QED) is 0.776. The highest BCUT2D eigenvalue weighted by atomic mass is 16.5. The number of anilines is 1. The number of hydrogen-bond acceptors (Lipinski definition) is 5. The minimum absolute atomic E-state index is 0.178. The minimum Gasteiger partial charge on any atom is -0.493 e. The maximum atomic E-state index is 11.1. The summed E-state index contributed by atoms with van der Waals surface area (Å²) >= 11 is 0. The first-order valence-corrected chi connectivity index (χ1v) is 4.85. The van der Waals surface area contributed by atoms with Gasteiger partial charge in [0.1, 0.15) is 0 Å². The van der Waals surface area contributed by atoms with E-state index in [1.54, 1.807) is 18.2 Å². The zero-order chi connectivity index (χ0) is 12.3. The summed E-state index contributed by atoms with van der Waals surface area (Å²) in [7, 11) is 1.52. The van der Waals surface area contributed by atoms with Crippen molar-refractivity contribution in [3.05, 3.63) is 40.9 Å². The standard InChI is InChI=1S/C11H11N3O3/c1-16-8-3-2-7(12)4-9(8)17-11-5-10(15)13-6-14-11/h2-6H,12H2,1H3,(H,13,14,15).